The lowest BCUT2D eigenvalue weighted by molar-refractivity contribution is -0.385. The Balaban J connectivity index is 1.60. The van der Waals surface area contributed by atoms with Crippen LogP contribution in [0.3, 0.4) is 0 Å². The lowest BCUT2D eigenvalue weighted by Gasteiger charge is -2.07. The average molecular weight is 417 g/mol. The van der Waals surface area contributed by atoms with Gasteiger partial charge in [0.15, 0.2) is 0 Å². The lowest BCUT2D eigenvalue weighted by Crippen LogP contribution is -2.12. The molecule has 0 fully saturated rings. The van der Waals surface area contributed by atoms with E-state index in [-0.39, 0.29) is 11.6 Å². The van der Waals surface area contributed by atoms with Crippen molar-refractivity contribution in [2.45, 2.75) is 0 Å². The Hall–Kier alpha value is -4.46. The molecule has 0 aliphatic rings. The molecule has 0 saturated heterocycles. The normalized spacial score (nSPS) is 10.5. The molecule has 2 amide bonds. The van der Waals surface area contributed by atoms with Gasteiger partial charge in [0.1, 0.15) is 5.75 Å². The number of rotatable bonds is 7. The highest BCUT2D eigenvalue weighted by atomic mass is 16.6. The van der Waals surface area contributed by atoms with Crippen LogP contribution in [0, 0.1) is 10.1 Å². The molecule has 0 bridgehead atoms. The summed E-state index contributed by atoms with van der Waals surface area (Å²) in [5.74, 6) is -0.0538. The average Bonchev–Trinajstić information content (AvgIpc) is 2.78. The number of benzene rings is 3. The Labute approximate surface area is 178 Å². The first kappa shape index (κ1) is 21.3. The molecule has 0 spiro atoms. The fourth-order valence-corrected chi connectivity index (χ4v) is 2.73. The number of methoxy groups -OCH3 is 1. The fourth-order valence-electron chi connectivity index (χ4n) is 2.73. The minimum atomic E-state index is -0.507. The first-order valence-electron chi connectivity index (χ1n) is 9.24. The fraction of sp³-hybridized carbons (Fsp3) is 0.0435. The van der Waals surface area contributed by atoms with Gasteiger partial charge in [-0.25, -0.2) is 0 Å². The van der Waals surface area contributed by atoms with Crippen molar-refractivity contribution in [2.75, 3.05) is 17.7 Å². The molecular formula is C23H19N3O5. The molecule has 0 aromatic heterocycles. The van der Waals surface area contributed by atoms with Crippen LogP contribution in [0.1, 0.15) is 15.9 Å². The van der Waals surface area contributed by atoms with Gasteiger partial charge < -0.3 is 15.4 Å². The molecule has 156 valence electrons. The maximum Gasteiger partial charge on any atom is 0.276 e. The summed E-state index contributed by atoms with van der Waals surface area (Å²) in [7, 11) is 1.56. The number of nitro groups is 1. The van der Waals surface area contributed by atoms with Crippen LogP contribution in [0.5, 0.6) is 5.75 Å². The van der Waals surface area contributed by atoms with E-state index >= 15 is 0 Å². The Morgan fingerprint density at radius 2 is 1.52 bits per heavy atom. The van der Waals surface area contributed by atoms with Crippen molar-refractivity contribution in [1.29, 1.82) is 0 Å². The molecule has 2 N–H and O–H groups in total. The van der Waals surface area contributed by atoms with Gasteiger partial charge in [0, 0.05) is 29.1 Å². The number of anilines is 2. The second-order valence-electron chi connectivity index (χ2n) is 6.40. The van der Waals surface area contributed by atoms with Crippen LogP contribution in [0.15, 0.2) is 78.9 Å². The number of nitrogens with zero attached hydrogens (tertiary/aromatic N) is 1. The summed E-state index contributed by atoms with van der Waals surface area (Å²) in [4.78, 5) is 35.0. The predicted octanol–water partition coefficient (Wildman–Crippen LogP) is 4.51. The van der Waals surface area contributed by atoms with E-state index in [2.05, 4.69) is 10.6 Å². The SMILES string of the molecule is COc1ccc(NC(=O)c2ccc(NC(=O)/C=C/c3ccccc3[N+](=O)[O-])cc2)cc1. The highest BCUT2D eigenvalue weighted by molar-refractivity contribution is 6.05. The monoisotopic (exact) mass is 417 g/mol. The van der Waals surface area contributed by atoms with Gasteiger partial charge in [0.05, 0.1) is 17.6 Å². The largest absolute Gasteiger partial charge is 0.497 e. The van der Waals surface area contributed by atoms with Crippen molar-refractivity contribution in [1.82, 2.24) is 0 Å². The number of nitro benzene ring substituents is 1. The Kier molecular flexibility index (Phi) is 6.74. The number of para-hydroxylation sites is 1. The van der Waals surface area contributed by atoms with E-state index in [1.807, 2.05) is 0 Å². The van der Waals surface area contributed by atoms with Gasteiger partial charge >= 0.3 is 0 Å². The molecule has 8 nitrogen and oxygen atoms in total. The van der Waals surface area contributed by atoms with Gasteiger partial charge in [-0.1, -0.05) is 12.1 Å². The molecular weight excluding hydrogens is 398 g/mol. The molecule has 31 heavy (non-hydrogen) atoms. The van der Waals surface area contributed by atoms with Crippen LogP contribution in [0.25, 0.3) is 6.08 Å². The van der Waals surface area contributed by atoms with Gasteiger partial charge in [-0.15, -0.1) is 0 Å². The zero-order chi connectivity index (χ0) is 22.2. The summed E-state index contributed by atoms with van der Waals surface area (Å²) in [5.41, 5.74) is 1.78. The van der Waals surface area contributed by atoms with Crippen LogP contribution in [-0.2, 0) is 4.79 Å². The summed E-state index contributed by atoms with van der Waals surface area (Å²) in [6, 6.07) is 19.4. The van der Waals surface area contributed by atoms with Crippen molar-refractivity contribution < 1.29 is 19.2 Å². The molecule has 0 atom stereocenters. The highest BCUT2D eigenvalue weighted by Gasteiger charge is 2.10. The topological polar surface area (TPSA) is 111 Å². The van der Waals surface area contributed by atoms with E-state index in [9.17, 15) is 19.7 Å². The smallest absolute Gasteiger partial charge is 0.276 e. The summed E-state index contributed by atoms with van der Waals surface area (Å²) in [5, 5.41) is 16.4. The van der Waals surface area contributed by atoms with Gasteiger partial charge in [0.25, 0.3) is 11.6 Å². The highest BCUT2D eigenvalue weighted by Crippen LogP contribution is 2.19. The number of amides is 2. The first-order chi connectivity index (χ1) is 15.0. The van der Waals surface area contributed by atoms with Crippen molar-refractivity contribution in [2.24, 2.45) is 0 Å². The van der Waals surface area contributed by atoms with Crippen molar-refractivity contribution >= 4 is 35.0 Å². The number of hydrogen-bond donors (Lipinski definition) is 2. The molecule has 0 unspecified atom stereocenters. The molecule has 0 radical (unpaired) electrons. The third-order valence-corrected chi connectivity index (χ3v) is 4.31. The van der Waals surface area contributed by atoms with Gasteiger partial charge in [-0.2, -0.15) is 0 Å². The summed E-state index contributed by atoms with van der Waals surface area (Å²) < 4.78 is 5.08. The number of carbonyl (C=O) groups is 2. The minimum Gasteiger partial charge on any atom is -0.497 e. The third-order valence-electron chi connectivity index (χ3n) is 4.31. The quantitative estimate of drug-likeness (QED) is 0.334. The number of nitrogens with one attached hydrogen (secondary N) is 2. The minimum absolute atomic E-state index is 0.0845. The zero-order valence-corrected chi connectivity index (χ0v) is 16.6. The molecule has 0 saturated carbocycles. The number of ether oxygens (including phenoxy) is 1. The standard InChI is InChI=1S/C23H19N3O5/c1-31-20-13-11-19(12-14-20)25-23(28)17-6-9-18(10-7-17)24-22(27)15-8-16-4-2-3-5-21(16)26(29)30/h2-15H,1H3,(H,24,27)(H,25,28)/b15-8+. The zero-order valence-electron chi connectivity index (χ0n) is 16.6. The molecule has 3 aromatic carbocycles. The molecule has 0 aliphatic carbocycles. The Morgan fingerprint density at radius 3 is 2.16 bits per heavy atom. The molecule has 0 aliphatic heterocycles. The van der Waals surface area contributed by atoms with Gasteiger partial charge in [-0.05, 0) is 60.7 Å². The van der Waals surface area contributed by atoms with Crippen molar-refractivity contribution in [3.05, 3.63) is 100 Å². The maximum atomic E-state index is 12.4. The molecule has 3 rings (SSSR count). The summed E-state index contributed by atoms with van der Waals surface area (Å²) in [6.45, 7) is 0. The van der Waals surface area contributed by atoms with Crippen LogP contribution in [-0.4, -0.2) is 23.8 Å². The number of carbonyl (C=O) groups excluding carboxylic acids is 2. The predicted molar refractivity (Wildman–Crippen MR) is 118 cm³/mol. The van der Waals surface area contributed by atoms with Crippen molar-refractivity contribution in [3.63, 3.8) is 0 Å². The lowest BCUT2D eigenvalue weighted by atomic mass is 10.1. The Morgan fingerprint density at radius 1 is 0.903 bits per heavy atom. The molecule has 3 aromatic rings. The van der Waals surface area contributed by atoms with E-state index in [0.29, 0.717) is 28.3 Å². The van der Waals surface area contributed by atoms with E-state index in [1.165, 1.54) is 18.2 Å². The van der Waals surface area contributed by atoms with Gasteiger partial charge in [0.2, 0.25) is 5.91 Å². The van der Waals surface area contributed by atoms with Crippen LogP contribution in [0.2, 0.25) is 0 Å². The van der Waals surface area contributed by atoms with Gasteiger partial charge in [-0.3, -0.25) is 19.7 Å². The van der Waals surface area contributed by atoms with Crippen molar-refractivity contribution in [3.8, 4) is 5.75 Å². The van der Waals surface area contributed by atoms with E-state index < -0.39 is 10.8 Å². The van der Waals surface area contributed by atoms with Crippen LogP contribution in [0.4, 0.5) is 17.1 Å². The summed E-state index contributed by atoms with van der Waals surface area (Å²) in [6.07, 6.45) is 2.59. The van der Waals surface area contributed by atoms with Crippen LogP contribution >= 0.6 is 0 Å². The maximum absolute atomic E-state index is 12.4. The third kappa shape index (κ3) is 5.77. The van der Waals surface area contributed by atoms with Crippen LogP contribution < -0.4 is 15.4 Å². The number of hydrogen-bond acceptors (Lipinski definition) is 5. The molecule has 0 heterocycles. The molecule has 8 heteroatoms. The second-order valence-corrected chi connectivity index (χ2v) is 6.40. The summed E-state index contributed by atoms with van der Waals surface area (Å²) >= 11 is 0. The second kappa shape index (κ2) is 9.84. The first-order valence-corrected chi connectivity index (χ1v) is 9.24. The van der Waals surface area contributed by atoms with E-state index in [0.717, 1.165) is 0 Å². The van der Waals surface area contributed by atoms with E-state index in [1.54, 1.807) is 73.8 Å². The van der Waals surface area contributed by atoms with E-state index in [4.69, 9.17) is 4.74 Å². The Bertz CT molecular complexity index is 1120.